The van der Waals surface area contributed by atoms with E-state index in [1.165, 1.54) is 6.92 Å². The molecule has 260 valence electrons. The Labute approximate surface area is 286 Å². The number of rotatable bonds is 20. The molecule has 2 N–H and O–H groups in total. The standard InChI is InChI=1S/C37H42N2O10/c1-4-34(40)46-25-32(23-44-21-28-12-7-5-8-13-28)48-36(42)38-19-30-16-11-17-31(18-30)20-39-37(43)49-33(26-47-35(41)27(2)3)24-45-22-29-14-9-6-10-15-29/h4-18,32-33H,1-2,19-26H2,3H3,(H,38,42)(H,39,43). The molecule has 0 saturated carbocycles. The molecular formula is C37H42N2O10. The van der Waals surface area contributed by atoms with Gasteiger partial charge in [-0.2, -0.15) is 0 Å². The van der Waals surface area contributed by atoms with Crippen molar-refractivity contribution in [3.05, 3.63) is 132 Å². The zero-order chi connectivity index (χ0) is 35.3. The average Bonchev–Trinajstić information content (AvgIpc) is 3.11. The predicted octanol–water partition coefficient (Wildman–Crippen LogP) is 5.16. The number of hydrogen-bond donors (Lipinski definition) is 2. The Morgan fingerprint density at radius 2 is 1.10 bits per heavy atom. The zero-order valence-corrected chi connectivity index (χ0v) is 27.5. The molecule has 12 nitrogen and oxygen atoms in total. The largest absolute Gasteiger partial charge is 0.458 e. The minimum Gasteiger partial charge on any atom is -0.458 e. The van der Waals surface area contributed by atoms with Gasteiger partial charge in [0.15, 0.2) is 12.2 Å². The molecule has 0 aliphatic rings. The summed E-state index contributed by atoms with van der Waals surface area (Å²) in [6.45, 7) is 8.85. The van der Waals surface area contributed by atoms with E-state index in [4.69, 9.17) is 28.4 Å². The second-order valence-corrected chi connectivity index (χ2v) is 10.8. The highest BCUT2D eigenvalue weighted by atomic mass is 16.6. The van der Waals surface area contributed by atoms with Gasteiger partial charge in [-0.3, -0.25) is 0 Å². The second-order valence-electron chi connectivity index (χ2n) is 10.8. The normalized spacial score (nSPS) is 11.7. The van der Waals surface area contributed by atoms with Crippen LogP contribution in [0.15, 0.2) is 110 Å². The van der Waals surface area contributed by atoms with Crippen LogP contribution in [0.25, 0.3) is 0 Å². The second kappa shape index (κ2) is 21.4. The molecule has 0 aromatic heterocycles. The number of hydrogen-bond acceptors (Lipinski definition) is 10. The Bertz CT molecular complexity index is 1510. The molecule has 0 radical (unpaired) electrons. The molecule has 3 aromatic rings. The molecule has 3 aromatic carbocycles. The van der Waals surface area contributed by atoms with Gasteiger partial charge >= 0.3 is 24.1 Å². The third kappa shape index (κ3) is 15.8. The fourth-order valence-electron chi connectivity index (χ4n) is 4.11. The highest BCUT2D eigenvalue weighted by molar-refractivity contribution is 5.87. The van der Waals surface area contributed by atoms with Crippen LogP contribution in [0.1, 0.15) is 29.2 Å². The van der Waals surface area contributed by atoms with Crippen LogP contribution in [0, 0.1) is 0 Å². The van der Waals surface area contributed by atoms with Gasteiger partial charge in [0, 0.05) is 24.7 Å². The van der Waals surface area contributed by atoms with Gasteiger partial charge in [0.2, 0.25) is 0 Å². The summed E-state index contributed by atoms with van der Waals surface area (Å²) in [6, 6.07) is 26.1. The maximum Gasteiger partial charge on any atom is 0.407 e. The quantitative estimate of drug-likeness (QED) is 0.0936. The van der Waals surface area contributed by atoms with E-state index >= 15 is 0 Å². The van der Waals surface area contributed by atoms with Crippen molar-refractivity contribution >= 4 is 24.1 Å². The molecule has 0 saturated heterocycles. The lowest BCUT2D eigenvalue weighted by Gasteiger charge is -2.19. The highest BCUT2D eigenvalue weighted by Gasteiger charge is 2.19. The highest BCUT2D eigenvalue weighted by Crippen LogP contribution is 2.09. The maximum absolute atomic E-state index is 12.6. The molecular weight excluding hydrogens is 632 g/mol. The van der Waals surface area contributed by atoms with E-state index in [2.05, 4.69) is 23.8 Å². The predicted molar refractivity (Wildman–Crippen MR) is 180 cm³/mol. The van der Waals surface area contributed by atoms with Gasteiger partial charge in [-0.05, 0) is 29.2 Å². The summed E-state index contributed by atoms with van der Waals surface area (Å²) in [4.78, 5) is 48.7. The Morgan fingerprint density at radius 3 is 1.55 bits per heavy atom. The molecule has 2 atom stereocenters. The number of nitrogens with one attached hydrogen (secondary N) is 2. The molecule has 0 fully saturated rings. The first-order valence-electron chi connectivity index (χ1n) is 15.5. The maximum atomic E-state index is 12.6. The topological polar surface area (TPSA) is 148 Å². The van der Waals surface area contributed by atoms with Crippen molar-refractivity contribution in [2.24, 2.45) is 0 Å². The summed E-state index contributed by atoms with van der Waals surface area (Å²) in [5, 5.41) is 5.35. The van der Waals surface area contributed by atoms with Gasteiger partial charge in [-0.15, -0.1) is 0 Å². The summed E-state index contributed by atoms with van der Waals surface area (Å²) in [5.41, 5.74) is 3.57. The monoisotopic (exact) mass is 674 g/mol. The van der Waals surface area contributed by atoms with E-state index in [9.17, 15) is 19.2 Å². The van der Waals surface area contributed by atoms with Gasteiger partial charge in [-0.25, -0.2) is 19.2 Å². The van der Waals surface area contributed by atoms with Gasteiger partial charge in [0.1, 0.15) is 13.2 Å². The number of benzene rings is 3. The number of carbonyl (C=O) groups excluding carboxylic acids is 4. The van der Waals surface area contributed by atoms with Crippen LogP contribution in [-0.2, 0) is 64.3 Å². The average molecular weight is 675 g/mol. The molecule has 2 amide bonds. The molecule has 0 aliphatic carbocycles. The molecule has 0 heterocycles. The fraction of sp³-hybridized carbons (Fsp3) is 0.297. The minimum absolute atomic E-state index is 0.000262. The van der Waals surface area contributed by atoms with Crippen molar-refractivity contribution < 1.29 is 47.6 Å². The lowest BCUT2D eigenvalue weighted by Crippen LogP contribution is -2.35. The van der Waals surface area contributed by atoms with E-state index in [1.807, 2.05) is 60.7 Å². The number of esters is 2. The first-order chi connectivity index (χ1) is 23.7. The molecule has 3 rings (SSSR count). The molecule has 2 unspecified atom stereocenters. The number of ether oxygens (including phenoxy) is 6. The summed E-state index contributed by atoms with van der Waals surface area (Å²) in [5.74, 6) is -1.25. The van der Waals surface area contributed by atoms with E-state index in [-0.39, 0.29) is 58.3 Å². The molecule has 49 heavy (non-hydrogen) atoms. The molecule has 0 bridgehead atoms. The summed E-state index contributed by atoms with van der Waals surface area (Å²) in [7, 11) is 0. The number of alkyl carbamates (subject to hydrolysis) is 2. The molecule has 0 aliphatic heterocycles. The van der Waals surface area contributed by atoms with Crippen molar-refractivity contribution in [1.82, 2.24) is 10.6 Å². The van der Waals surface area contributed by atoms with Crippen LogP contribution < -0.4 is 10.6 Å². The summed E-state index contributed by atoms with van der Waals surface area (Å²) < 4.78 is 32.5. The Morgan fingerprint density at radius 1 is 0.653 bits per heavy atom. The Balaban J connectivity index is 1.47. The third-order valence-corrected chi connectivity index (χ3v) is 6.57. The van der Waals surface area contributed by atoms with Crippen LogP contribution in [0.3, 0.4) is 0 Å². The summed E-state index contributed by atoms with van der Waals surface area (Å²) >= 11 is 0. The van der Waals surface area contributed by atoms with Crippen LogP contribution in [0.5, 0.6) is 0 Å². The zero-order valence-electron chi connectivity index (χ0n) is 27.5. The van der Waals surface area contributed by atoms with Crippen molar-refractivity contribution in [1.29, 1.82) is 0 Å². The van der Waals surface area contributed by atoms with Gasteiger partial charge < -0.3 is 39.1 Å². The molecule has 12 heteroatoms. The minimum atomic E-state index is -0.860. The first-order valence-corrected chi connectivity index (χ1v) is 15.5. The van der Waals surface area contributed by atoms with E-state index in [1.54, 1.807) is 24.3 Å². The SMILES string of the molecule is C=CC(=O)OCC(COCc1ccccc1)OC(=O)NCc1cccc(CNC(=O)OC(COCc2ccccc2)COC(=O)C(=C)C)c1. The third-order valence-electron chi connectivity index (χ3n) is 6.57. The summed E-state index contributed by atoms with van der Waals surface area (Å²) in [6.07, 6.45) is -2.16. The molecule has 0 spiro atoms. The van der Waals surface area contributed by atoms with Crippen molar-refractivity contribution in [3.8, 4) is 0 Å². The first kappa shape index (κ1) is 38.0. The smallest absolute Gasteiger partial charge is 0.407 e. The lowest BCUT2D eigenvalue weighted by molar-refractivity contribution is -0.143. The van der Waals surface area contributed by atoms with Gasteiger partial charge in [-0.1, -0.05) is 98.1 Å². The van der Waals surface area contributed by atoms with Crippen LogP contribution >= 0.6 is 0 Å². The van der Waals surface area contributed by atoms with Crippen LogP contribution in [0.2, 0.25) is 0 Å². The van der Waals surface area contributed by atoms with Crippen LogP contribution in [0.4, 0.5) is 9.59 Å². The van der Waals surface area contributed by atoms with Gasteiger partial charge in [0.05, 0.1) is 26.4 Å². The van der Waals surface area contributed by atoms with E-state index in [0.29, 0.717) is 0 Å². The fourth-order valence-corrected chi connectivity index (χ4v) is 4.11. The van der Waals surface area contributed by atoms with Crippen molar-refractivity contribution in [2.75, 3.05) is 26.4 Å². The number of amides is 2. The Kier molecular flexibility index (Phi) is 16.6. The lowest BCUT2D eigenvalue weighted by atomic mass is 10.1. The van der Waals surface area contributed by atoms with E-state index in [0.717, 1.165) is 28.3 Å². The van der Waals surface area contributed by atoms with E-state index < -0.39 is 36.3 Å². The van der Waals surface area contributed by atoms with Crippen molar-refractivity contribution in [2.45, 2.75) is 45.4 Å². The van der Waals surface area contributed by atoms with Crippen molar-refractivity contribution in [3.63, 3.8) is 0 Å². The van der Waals surface area contributed by atoms with Gasteiger partial charge in [0.25, 0.3) is 0 Å². The number of carbonyl (C=O) groups is 4. The Hall–Kier alpha value is -5.46. The van der Waals surface area contributed by atoms with Crippen LogP contribution in [-0.4, -0.2) is 62.8 Å².